The fraction of sp³-hybridized carbons (Fsp3) is 0.417. The Kier molecular flexibility index (Phi) is 4.93. The SMILES string of the molecule is CCOC(=O)C(F)(F)C(C)Sc1ccccc1. The van der Waals surface area contributed by atoms with Gasteiger partial charge in [-0.1, -0.05) is 18.2 Å². The Labute approximate surface area is 103 Å². The number of carbonyl (C=O) groups excluding carboxylic acids is 1. The average Bonchev–Trinajstić information content (AvgIpc) is 2.30. The van der Waals surface area contributed by atoms with E-state index < -0.39 is 17.1 Å². The molecule has 0 N–H and O–H groups in total. The molecule has 0 bridgehead atoms. The third kappa shape index (κ3) is 3.70. The smallest absolute Gasteiger partial charge is 0.378 e. The molecule has 5 heteroatoms. The van der Waals surface area contributed by atoms with Crippen molar-refractivity contribution >= 4 is 17.7 Å². The highest BCUT2D eigenvalue weighted by Gasteiger charge is 2.46. The van der Waals surface area contributed by atoms with Crippen molar-refractivity contribution in [3.8, 4) is 0 Å². The standard InChI is InChI=1S/C12H14F2O2S/c1-3-16-11(15)12(13,14)9(2)17-10-7-5-4-6-8-10/h4-9H,3H2,1-2H3. The summed E-state index contributed by atoms with van der Waals surface area (Å²) in [6.45, 7) is 2.77. The van der Waals surface area contributed by atoms with Gasteiger partial charge in [0.1, 0.15) is 0 Å². The van der Waals surface area contributed by atoms with E-state index in [2.05, 4.69) is 4.74 Å². The van der Waals surface area contributed by atoms with Crippen molar-refractivity contribution in [2.45, 2.75) is 29.9 Å². The normalized spacial score (nSPS) is 13.2. The van der Waals surface area contributed by atoms with E-state index in [1.807, 2.05) is 0 Å². The number of carbonyl (C=O) groups is 1. The Morgan fingerprint density at radius 3 is 2.53 bits per heavy atom. The second-order valence-electron chi connectivity index (χ2n) is 3.42. The predicted octanol–water partition coefficient (Wildman–Crippen LogP) is 3.37. The molecule has 0 aliphatic rings. The zero-order chi connectivity index (χ0) is 12.9. The van der Waals surface area contributed by atoms with Gasteiger partial charge in [-0.25, -0.2) is 4.79 Å². The highest BCUT2D eigenvalue weighted by Crippen LogP contribution is 2.34. The first kappa shape index (κ1) is 14.0. The molecule has 0 aliphatic carbocycles. The Morgan fingerprint density at radius 2 is 2.00 bits per heavy atom. The van der Waals surface area contributed by atoms with Crippen molar-refractivity contribution < 1.29 is 18.3 Å². The van der Waals surface area contributed by atoms with E-state index in [4.69, 9.17) is 0 Å². The van der Waals surface area contributed by atoms with Crippen molar-refractivity contribution in [2.75, 3.05) is 6.61 Å². The minimum Gasteiger partial charge on any atom is -0.462 e. The van der Waals surface area contributed by atoms with Crippen molar-refractivity contribution in [2.24, 2.45) is 0 Å². The molecule has 1 atom stereocenters. The minimum absolute atomic E-state index is 0.0445. The molecule has 0 amide bonds. The van der Waals surface area contributed by atoms with Crippen LogP contribution < -0.4 is 0 Å². The first-order valence-corrected chi connectivity index (χ1v) is 6.13. The lowest BCUT2D eigenvalue weighted by molar-refractivity contribution is -0.170. The van der Waals surface area contributed by atoms with Crippen LogP contribution >= 0.6 is 11.8 Å². The van der Waals surface area contributed by atoms with Gasteiger partial charge in [0, 0.05) is 4.90 Å². The van der Waals surface area contributed by atoms with Crippen LogP contribution in [-0.2, 0) is 9.53 Å². The molecule has 0 saturated heterocycles. The van der Waals surface area contributed by atoms with Crippen LogP contribution in [0.4, 0.5) is 8.78 Å². The molecule has 1 aromatic carbocycles. The number of thioether (sulfide) groups is 1. The maximum Gasteiger partial charge on any atom is 0.378 e. The van der Waals surface area contributed by atoms with Crippen LogP contribution in [-0.4, -0.2) is 23.7 Å². The summed E-state index contributed by atoms with van der Waals surface area (Å²) < 4.78 is 31.5. The lowest BCUT2D eigenvalue weighted by Crippen LogP contribution is -2.39. The summed E-state index contributed by atoms with van der Waals surface area (Å²) in [6.07, 6.45) is 0. The van der Waals surface area contributed by atoms with E-state index in [-0.39, 0.29) is 6.61 Å². The van der Waals surface area contributed by atoms with Crippen LogP contribution in [0.3, 0.4) is 0 Å². The number of hydrogen-bond donors (Lipinski definition) is 0. The Balaban J connectivity index is 2.69. The van der Waals surface area contributed by atoms with E-state index in [1.165, 1.54) is 13.8 Å². The number of halogens is 2. The fourth-order valence-electron chi connectivity index (χ4n) is 1.17. The lowest BCUT2D eigenvalue weighted by atomic mass is 10.2. The zero-order valence-electron chi connectivity index (χ0n) is 9.65. The third-order valence-electron chi connectivity index (χ3n) is 2.11. The first-order chi connectivity index (χ1) is 7.98. The van der Waals surface area contributed by atoms with Gasteiger partial charge in [0.15, 0.2) is 0 Å². The van der Waals surface area contributed by atoms with Crippen LogP contribution in [0.5, 0.6) is 0 Å². The van der Waals surface area contributed by atoms with Gasteiger partial charge in [-0.2, -0.15) is 8.78 Å². The number of rotatable bonds is 5. The molecule has 0 aromatic heterocycles. The lowest BCUT2D eigenvalue weighted by Gasteiger charge is -2.21. The molecule has 1 unspecified atom stereocenters. The summed E-state index contributed by atoms with van der Waals surface area (Å²) >= 11 is 0.954. The second-order valence-corrected chi connectivity index (χ2v) is 4.83. The average molecular weight is 260 g/mol. The van der Waals surface area contributed by atoms with Gasteiger partial charge in [0.25, 0.3) is 0 Å². The summed E-state index contributed by atoms with van der Waals surface area (Å²) in [6, 6.07) is 8.78. The number of hydrogen-bond acceptors (Lipinski definition) is 3. The van der Waals surface area contributed by atoms with E-state index in [0.29, 0.717) is 4.90 Å². The summed E-state index contributed by atoms with van der Waals surface area (Å²) in [5.41, 5.74) is 0. The highest BCUT2D eigenvalue weighted by molar-refractivity contribution is 8.00. The maximum absolute atomic E-state index is 13.6. The minimum atomic E-state index is -3.48. The fourth-order valence-corrected chi connectivity index (χ4v) is 2.14. The Hall–Kier alpha value is -1.10. The van der Waals surface area contributed by atoms with Gasteiger partial charge >= 0.3 is 11.9 Å². The summed E-state index contributed by atoms with van der Waals surface area (Å²) in [4.78, 5) is 11.8. The van der Waals surface area contributed by atoms with Crippen LogP contribution in [0, 0.1) is 0 Å². The van der Waals surface area contributed by atoms with Crippen molar-refractivity contribution in [1.29, 1.82) is 0 Å². The summed E-state index contributed by atoms with van der Waals surface area (Å²) in [7, 11) is 0. The summed E-state index contributed by atoms with van der Waals surface area (Å²) in [5, 5.41) is -1.16. The predicted molar refractivity (Wildman–Crippen MR) is 63.3 cm³/mol. The second kappa shape index (κ2) is 6.00. The summed E-state index contributed by atoms with van der Waals surface area (Å²) in [5.74, 6) is -4.94. The number of ether oxygens (including phenoxy) is 1. The van der Waals surface area contributed by atoms with Gasteiger partial charge < -0.3 is 4.74 Å². The van der Waals surface area contributed by atoms with E-state index in [9.17, 15) is 13.6 Å². The largest absolute Gasteiger partial charge is 0.462 e. The van der Waals surface area contributed by atoms with Crippen molar-refractivity contribution in [3.05, 3.63) is 30.3 Å². The molecular weight excluding hydrogens is 246 g/mol. The van der Waals surface area contributed by atoms with Crippen molar-refractivity contribution in [3.63, 3.8) is 0 Å². The molecule has 17 heavy (non-hydrogen) atoms. The molecule has 0 fully saturated rings. The van der Waals surface area contributed by atoms with Gasteiger partial charge in [0.2, 0.25) is 0 Å². The maximum atomic E-state index is 13.6. The van der Waals surface area contributed by atoms with Gasteiger partial charge in [-0.05, 0) is 26.0 Å². The molecular formula is C12H14F2O2S. The monoisotopic (exact) mass is 260 g/mol. The first-order valence-electron chi connectivity index (χ1n) is 5.25. The molecule has 0 aliphatic heterocycles. The molecule has 1 rings (SSSR count). The van der Waals surface area contributed by atoms with E-state index in [1.54, 1.807) is 30.3 Å². The van der Waals surface area contributed by atoms with Crippen LogP contribution in [0.15, 0.2) is 35.2 Å². The van der Waals surface area contributed by atoms with E-state index >= 15 is 0 Å². The topological polar surface area (TPSA) is 26.3 Å². The molecule has 0 saturated carbocycles. The quantitative estimate of drug-likeness (QED) is 0.600. The zero-order valence-corrected chi connectivity index (χ0v) is 10.5. The Bertz CT molecular complexity index is 368. The van der Waals surface area contributed by atoms with Crippen LogP contribution in [0.25, 0.3) is 0 Å². The number of alkyl halides is 2. The highest BCUT2D eigenvalue weighted by atomic mass is 32.2. The third-order valence-corrected chi connectivity index (χ3v) is 3.31. The number of benzene rings is 1. The van der Waals surface area contributed by atoms with Crippen molar-refractivity contribution in [1.82, 2.24) is 0 Å². The van der Waals surface area contributed by atoms with E-state index in [0.717, 1.165) is 11.8 Å². The van der Waals surface area contributed by atoms with Gasteiger partial charge in [-0.3, -0.25) is 0 Å². The van der Waals surface area contributed by atoms with Crippen LogP contribution in [0.2, 0.25) is 0 Å². The van der Waals surface area contributed by atoms with Crippen LogP contribution in [0.1, 0.15) is 13.8 Å². The number of esters is 1. The van der Waals surface area contributed by atoms with Gasteiger partial charge in [-0.15, -0.1) is 11.8 Å². The molecule has 1 aromatic rings. The molecule has 0 heterocycles. The Morgan fingerprint density at radius 1 is 1.41 bits per heavy atom. The molecule has 94 valence electrons. The molecule has 2 nitrogen and oxygen atoms in total. The molecule has 0 radical (unpaired) electrons. The van der Waals surface area contributed by atoms with Gasteiger partial charge in [0.05, 0.1) is 11.9 Å². The molecule has 0 spiro atoms.